The van der Waals surface area contributed by atoms with E-state index in [0.29, 0.717) is 19.6 Å². The number of hydrogen-bond donors (Lipinski definition) is 2. The summed E-state index contributed by atoms with van der Waals surface area (Å²) in [7, 11) is 0. The Morgan fingerprint density at radius 1 is 1.10 bits per heavy atom. The molecule has 1 unspecified atom stereocenters. The Hall–Kier alpha value is -1.10. The first-order valence-electron chi connectivity index (χ1n) is 7.65. The van der Waals surface area contributed by atoms with Gasteiger partial charge in [0.05, 0.1) is 11.5 Å². The molecule has 5 nitrogen and oxygen atoms in total. The van der Waals surface area contributed by atoms with Gasteiger partial charge in [0.25, 0.3) is 0 Å². The van der Waals surface area contributed by atoms with Crippen molar-refractivity contribution < 1.29 is 9.59 Å². The van der Waals surface area contributed by atoms with Gasteiger partial charge < -0.3 is 16.0 Å². The monoisotopic (exact) mass is 285 g/mol. The van der Waals surface area contributed by atoms with E-state index in [2.05, 4.69) is 5.32 Å². The molecule has 0 aromatic heterocycles. The lowest BCUT2D eigenvalue weighted by atomic mass is 9.83. The van der Waals surface area contributed by atoms with Crippen LogP contribution in [0.25, 0.3) is 0 Å². The van der Waals surface area contributed by atoms with Crippen molar-refractivity contribution in [3.8, 4) is 0 Å². The summed E-state index contributed by atoms with van der Waals surface area (Å²) < 4.78 is 0. The quantitative estimate of drug-likeness (QED) is 0.674. The molecular weight excluding hydrogens is 254 g/mol. The largest absolute Gasteiger partial charge is 0.356 e. The summed E-state index contributed by atoms with van der Waals surface area (Å²) in [6.45, 7) is 11.5. The van der Waals surface area contributed by atoms with Crippen LogP contribution in [0.1, 0.15) is 53.9 Å². The molecule has 5 heteroatoms. The zero-order valence-electron chi connectivity index (χ0n) is 13.7. The molecule has 0 saturated heterocycles. The van der Waals surface area contributed by atoms with Crippen LogP contribution in [0.15, 0.2) is 0 Å². The third-order valence-electron chi connectivity index (χ3n) is 3.46. The first-order valence-corrected chi connectivity index (χ1v) is 7.65. The van der Waals surface area contributed by atoms with Crippen LogP contribution in [-0.4, -0.2) is 42.4 Å². The fraction of sp³-hybridized carbons (Fsp3) is 0.867. The molecule has 0 saturated carbocycles. The summed E-state index contributed by atoms with van der Waals surface area (Å²) in [5.41, 5.74) is 5.18. The number of rotatable bonds is 9. The molecule has 0 aliphatic carbocycles. The summed E-state index contributed by atoms with van der Waals surface area (Å²) >= 11 is 0. The average Bonchev–Trinajstić information content (AvgIpc) is 2.42. The maximum atomic E-state index is 12.5. The first kappa shape index (κ1) is 18.9. The van der Waals surface area contributed by atoms with Crippen molar-refractivity contribution in [2.45, 2.75) is 59.9 Å². The molecule has 1 atom stereocenters. The van der Waals surface area contributed by atoms with Crippen LogP contribution in [0.5, 0.6) is 0 Å². The van der Waals surface area contributed by atoms with Gasteiger partial charge in [-0.3, -0.25) is 9.59 Å². The van der Waals surface area contributed by atoms with Crippen molar-refractivity contribution in [3.63, 3.8) is 0 Å². The van der Waals surface area contributed by atoms with E-state index in [1.54, 1.807) is 18.7 Å². The molecule has 0 aromatic rings. The van der Waals surface area contributed by atoms with Gasteiger partial charge in [-0.15, -0.1) is 0 Å². The fourth-order valence-electron chi connectivity index (χ4n) is 1.98. The number of hydrogen-bond acceptors (Lipinski definition) is 3. The summed E-state index contributed by atoms with van der Waals surface area (Å²) in [5, 5.41) is 2.82. The molecular formula is C15H31N3O2. The molecule has 0 rings (SSSR count). The number of nitrogens with zero attached hydrogens (tertiary/aromatic N) is 1. The Morgan fingerprint density at radius 2 is 1.60 bits per heavy atom. The van der Waals surface area contributed by atoms with E-state index in [-0.39, 0.29) is 11.8 Å². The molecule has 0 heterocycles. The number of nitrogens with one attached hydrogen (secondary N) is 1. The van der Waals surface area contributed by atoms with Crippen molar-refractivity contribution in [2.24, 2.45) is 11.1 Å². The van der Waals surface area contributed by atoms with Gasteiger partial charge in [0.15, 0.2) is 0 Å². The Labute approximate surface area is 123 Å². The van der Waals surface area contributed by atoms with E-state index >= 15 is 0 Å². The van der Waals surface area contributed by atoms with Gasteiger partial charge >= 0.3 is 0 Å². The lowest BCUT2D eigenvalue weighted by Crippen LogP contribution is -2.57. The van der Waals surface area contributed by atoms with Crippen LogP contribution in [-0.2, 0) is 9.59 Å². The van der Waals surface area contributed by atoms with Gasteiger partial charge in [-0.2, -0.15) is 0 Å². The predicted octanol–water partition coefficient (Wildman–Crippen LogP) is 1.51. The van der Waals surface area contributed by atoms with Gasteiger partial charge in [0.2, 0.25) is 11.8 Å². The van der Waals surface area contributed by atoms with Crippen molar-refractivity contribution in [1.82, 2.24) is 10.2 Å². The summed E-state index contributed by atoms with van der Waals surface area (Å²) in [5.74, 6) is -0.293. The number of amides is 2. The summed E-state index contributed by atoms with van der Waals surface area (Å²) in [6, 6.07) is -0.808. The van der Waals surface area contributed by atoms with E-state index < -0.39 is 11.5 Å². The van der Waals surface area contributed by atoms with E-state index in [4.69, 9.17) is 5.73 Å². The minimum atomic E-state index is -0.897. The Morgan fingerprint density at radius 3 is 2.00 bits per heavy atom. The third-order valence-corrected chi connectivity index (χ3v) is 3.46. The molecule has 20 heavy (non-hydrogen) atoms. The average molecular weight is 285 g/mol. The molecule has 118 valence electrons. The number of carbonyl (C=O) groups excluding carboxylic acids is 2. The highest BCUT2D eigenvalue weighted by Crippen LogP contribution is 2.21. The van der Waals surface area contributed by atoms with Gasteiger partial charge in [-0.1, -0.05) is 20.8 Å². The number of nitrogens with two attached hydrogens (primary N) is 1. The van der Waals surface area contributed by atoms with Crippen molar-refractivity contribution in [2.75, 3.05) is 19.6 Å². The highest BCUT2D eigenvalue weighted by molar-refractivity contribution is 5.92. The standard InChI is InChI=1S/C15H31N3O2/c1-6-9-17-14(20)15(4,5)12(16)13(19)18(10-7-2)11-8-3/h12H,6-11,16H2,1-5H3,(H,17,20). The Kier molecular flexibility index (Phi) is 8.46. The SMILES string of the molecule is CCCNC(=O)C(C)(C)C(N)C(=O)N(CCC)CCC. The van der Waals surface area contributed by atoms with Gasteiger partial charge in [-0.25, -0.2) is 0 Å². The lowest BCUT2D eigenvalue weighted by molar-refractivity contribution is -0.142. The first-order chi connectivity index (χ1) is 9.32. The van der Waals surface area contributed by atoms with Gasteiger partial charge in [-0.05, 0) is 33.1 Å². The van der Waals surface area contributed by atoms with Gasteiger partial charge in [0, 0.05) is 19.6 Å². The van der Waals surface area contributed by atoms with Crippen LogP contribution in [0.2, 0.25) is 0 Å². The van der Waals surface area contributed by atoms with Crippen LogP contribution in [0.4, 0.5) is 0 Å². The van der Waals surface area contributed by atoms with E-state index in [9.17, 15) is 9.59 Å². The molecule has 0 aromatic carbocycles. The maximum absolute atomic E-state index is 12.5. The second kappa shape index (κ2) is 8.95. The van der Waals surface area contributed by atoms with Crippen LogP contribution < -0.4 is 11.1 Å². The molecule has 0 fully saturated rings. The maximum Gasteiger partial charge on any atom is 0.240 e. The molecule has 2 amide bonds. The zero-order chi connectivity index (χ0) is 15.8. The second-order valence-electron chi connectivity index (χ2n) is 5.78. The minimum absolute atomic E-state index is 0.134. The van der Waals surface area contributed by atoms with E-state index in [0.717, 1.165) is 19.3 Å². The van der Waals surface area contributed by atoms with Crippen molar-refractivity contribution in [3.05, 3.63) is 0 Å². The highest BCUT2D eigenvalue weighted by Gasteiger charge is 2.40. The molecule has 0 aliphatic heterocycles. The van der Waals surface area contributed by atoms with Crippen LogP contribution >= 0.6 is 0 Å². The smallest absolute Gasteiger partial charge is 0.240 e. The van der Waals surface area contributed by atoms with Crippen molar-refractivity contribution in [1.29, 1.82) is 0 Å². The van der Waals surface area contributed by atoms with E-state index in [1.165, 1.54) is 0 Å². The summed E-state index contributed by atoms with van der Waals surface area (Å²) in [4.78, 5) is 26.4. The third kappa shape index (κ3) is 5.12. The molecule has 0 radical (unpaired) electrons. The van der Waals surface area contributed by atoms with Crippen LogP contribution in [0.3, 0.4) is 0 Å². The Bertz CT molecular complexity index is 310. The number of carbonyl (C=O) groups is 2. The Balaban J connectivity index is 4.85. The molecule has 3 N–H and O–H groups in total. The van der Waals surface area contributed by atoms with Crippen molar-refractivity contribution >= 4 is 11.8 Å². The summed E-state index contributed by atoms with van der Waals surface area (Å²) in [6.07, 6.45) is 2.64. The lowest BCUT2D eigenvalue weighted by Gasteiger charge is -2.33. The van der Waals surface area contributed by atoms with Crippen LogP contribution in [0, 0.1) is 5.41 Å². The zero-order valence-corrected chi connectivity index (χ0v) is 13.7. The predicted molar refractivity (Wildman–Crippen MR) is 82.2 cm³/mol. The normalized spacial score (nSPS) is 12.9. The molecule has 0 aliphatic rings. The van der Waals surface area contributed by atoms with Gasteiger partial charge in [0.1, 0.15) is 0 Å². The second-order valence-corrected chi connectivity index (χ2v) is 5.78. The minimum Gasteiger partial charge on any atom is -0.356 e. The molecule has 0 bridgehead atoms. The topological polar surface area (TPSA) is 75.4 Å². The molecule has 0 spiro atoms. The van der Waals surface area contributed by atoms with E-state index in [1.807, 2.05) is 20.8 Å². The highest BCUT2D eigenvalue weighted by atomic mass is 16.2. The fourth-order valence-corrected chi connectivity index (χ4v) is 1.98.